The number of para-hydroxylation sites is 1. The van der Waals surface area contributed by atoms with Crippen LogP contribution in [0.25, 0.3) is 0 Å². The van der Waals surface area contributed by atoms with E-state index in [9.17, 15) is 4.79 Å². The van der Waals surface area contributed by atoms with Crippen molar-refractivity contribution >= 4 is 5.91 Å². The maximum absolute atomic E-state index is 11.5. The molecule has 0 fully saturated rings. The molecule has 1 aromatic carbocycles. The minimum atomic E-state index is -0.321. The minimum absolute atomic E-state index is 0.321. The molecule has 0 atom stereocenters. The molecule has 0 aliphatic rings. The van der Waals surface area contributed by atoms with Gasteiger partial charge in [0.05, 0.1) is 12.2 Å². The number of ether oxygens (including phenoxy) is 1. The van der Waals surface area contributed by atoms with Gasteiger partial charge in [-0.15, -0.1) is 0 Å². The molecule has 106 valence electrons. The number of rotatable bonds is 9. The molecular formula is C15H24N2O2. The maximum Gasteiger partial charge on any atom is 0.268 e. The number of carbonyl (C=O) groups excluding carboxylic acids is 1. The molecule has 0 saturated heterocycles. The quantitative estimate of drug-likeness (QED) is 0.312. The lowest BCUT2D eigenvalue weighted by molar-refractivity contribution is 0.0949. The third-order valence-corrected chi connectivity index (χ3v) is 3.02. The van der Waals surface area contributed by atoms with E-state index in [1.807, 2.05) is 6.07 Å². The molecule has 0 bridgehead atoms. The highest BCUT2D eigenvalue weighted by molar-refractivity contribution is 5.96. The minimum Gasteiger partial charge on any atom is -0.493 e. The van der Waals surface area contributed by atoms with Gasteiger partial charge >= 0.3 is 0 Å². The predicted octanol–water partition coefficient (Wildman–Crippen LogP) is 3.03. The molecule has 4 nitrogen and oxygen atoms in total. The molecule has 19 heavy (non-hydrogen) atoms. The second-order valence-electron chi connectivity index (χ2n) is 4.59. The third-order valence-electron chi connectivity index (χ3n) is 3.02. The SMILES string of the molecule is CCCCCCCCOc1ccccc1C(=O)NN. The van der Waals surface area contributed by atoms with Crippen LogP contribution in [0, 0.1) is 0 Å². The zero-order chi connectivity index (χ0) is 13.9. The van der Waals surface area contributed by atoms with E-state index in [2.05, 4.69) is 12.3 Å². The zero-order valence-corrected chi connectivity index (χ0v) is 11.7. The Morgan fingerprint density at radius 2 is 1.84 bits per heavy atom. The van der Waals surface area contributed by atoms with E-state index in [1.54, 1.807) is 18.2 Å². The van der Waals surface area contributed by atoms with Gasteiger partial charge in [-0.3, -0.25) is 10.2 Å². The van der Waals surface area contributed by atoms with Crippen molar-refractivity contribution in [1.29, 1.82) is 0 Å². The molecule has 0 aromatic heterocycles. The smallest absolute Gasteiger partial charge is 0.268 e. The van der Waals surface area contributed by atoms with E-state index in [1.165, 1.54) is 32.1 Å². The van der Waals surface area contributed by atoms with E-state index >= 15 is 0 Å². The molecular weight excluding hydrogens is 240 g/mol. The summed E-state index contributed by atoms with van der Waals surface area (Å²) in [7, 11) is 0. The lowest BCUT2D eigenvalue weighted by Crippen LogP contribution is -2.30. The molecule has 1 rings (SSSR count). The summed E-state index contributed by atoms with van der Waals surface area (Å²) in [4.78, 5) is 11.5. The molecule has 3 N–H and O–H groups in total. The molecule has 4 heteroatoms. The Kier molecular flexibility index (Phi) is 7.66. The van der Waals surface area contributed by atoms with Crippen LogP contribution in [-0.4, -0.2) is 12.5 Å². The lowest BCUT2D eigenvalue weighted by Gasteiger charge is -2.10. The van der Waals surface area contributed by atoms with Gasteiger partial charge in [-0.2, -0.15) is 0 Å². The Balaban J connectivity index is 2.31. The molecule has 0 heterocycles. The van der Waals surface area contributed by atoms with Crippen molar-refractivity contribution in [2.24, 2.45) is 5.84 Å². The number of carbonyl (C=O) groups is 1. The number of nitrogen functional groups attached to an aromatic ring is 1. The first-order valence-corrected chi connectivity index (χ1v) is 7.02. The van der Waals surface area contributed by atoms with Crippen molar-refractivity contribution in [2.75, 3.05) is 6.61 Å². The summed E-state index contributed by atoms with van der Waals surface area (Å²) in [6.07, 6.45) is 7.30. The van der Waals surface area contributed by atoms with E-state index in [4.69, 9.17) is 10.6 Å². The Morgan fingerprint density at radius 3 is 2.58 bits per heavy atom. The van der Waals surface area contributed by atoms with Gasteiger partial charge in [-0.05, 0) is 18.6 Å². The maximum atomic E-state index is 11.5. The highest BCUT2D eigenvalue weighted by Crippen LogP contribution is 2.18. The van der Waals surface area contributed by atoms with E-state index in [-0.39, 0.29) is 5.91 Å². The van der Waals surface area contributed by atoms with Gasteiger partial charge < -0.3 is 4.74 Å². The average molecular weight is 264 g/mol. The molecule has 0 aliphatic carbocycles. The molecule has 1 aromatic rings. The number of unbranched alkanes of at least 4 members (excludes halogenated alkanes) is 5. The molecule has 0 aliphatic heterocycles. The van der Waals surface area contributed by atoms with Crippen molar-refractivity contribution in [3.05, 3.63) is 29.8 Å². The van der Waals surface area contributed by atoms with Crippen molar-refractivity contribution in [3.8, 4) is 5.75 Å². The van der Waals surface area contributed by atoms with Crippen molar-refractivity contribution in [1.82, 2.24) is 5.43 Å². The number of hydrogen-bond donors (Lipinski definition) is 2. The van der Waals surface area contributed by atoms with Crippen LogP contribution in [0.2, 0.25) is 0 Å². The summed E-state index contributed by atoms with van der Waals surface area (Å²) >= 11 is 0. The molecule has 0 saturated carbocycles. The van der Waals surface area contributed by atoms with Crippen LogP contribution >= 0.6 is 0 Å². The van der Waals surface area contributed by atoms with Gasteiger partial charge in [0.2, 0.25) is 0 Å². The topological polar surface area (TPSA) is 64.3 Å². The molecule has 0 unspecified atom stereocenters. The van der Waals surface area contributed by atoms with Gasteiger partial charge in [0.1, 0.15) is 5.75 Å². The summed E-state index contributed by atoms with van der Waals surface area (Å²) in [6, 6.07) is 7.15. The van der Waals surface area contributed by atoms with Gasteiger partial charge in [0.15, 0.2) is 0 Å². The fraction of sp³-hybridized carbons (Fsp3) is 0.533. The number of hydrogen-bond acceptors (Lipinski definition) is 3. The average Bonchev–Trinajstić information content (AvgIpc) is 2.46. The van der Waals surface area contributed by atoms with Crippen LogP contribution in [0.4, 0.5) is 0 Å². The van der Waals surface area contributed by atoms with Gasteiger partial charge in [0, 0.05) is 0 Å². The lowest BCUT2D eigenvalue weighted by atomic mass is 10.1. The first kappa shape index (κ1) is 15.5. The Morgan fingerprint density at radius 1 is 1.16 bits per heavy atom. The van der Waals surface area contributed by atoms with Crippen molar-refractivity contribution < 1.29 is 9.53 Å². The fourth-order valence-corrected chi connectivity index (χ4v) is 1.92. The predicted molar refractivity (Wildman–Crippen MR) is 77.0 cm³/mol. The monoisotopic (exact) mass is 264 g/mol. The Labute approximate surface area is 115 Å². The van der Waals surface area contributed by atoms with E-state index in [0.29, 0.717) is 17.9 Å². The Hall–Kier alpha value is -1.55. The summed E-state index contributed by atoms with van der Waals surface area (Å²) in [6.45, 7) is 2.85. The number of hydrazine groups is 1. The van der Waals surface area contributed by atoms with Crippen LogP contribution in [0.3, 0.4) is 0 Å². The highest BCUT2D eigenvalue weighted by atomic mass is 16.5. The standard InChI is InChI=1S/C15H24N2O2/c1-2-3-4-5-6-9-12-19-14-11-8-7-10-13(14)15(18)17-16/h7-8,10-11H,2-6,9,12,16H2,1H3,(H,17,18). The number of nitrogens with two attached hydrogens (primary N) is 1. The van der Waals surface area contributed by atoms with Crippen LogP contribution in [0.1, 0.15) is 55.8 Å². The summed E-state index contributed by atoms with van der Waals surface area (Å²) in [5.74, 6) is 5.42. The molecule has 1 amide bonds. The van der Waals surface area contributed by atoms with Crippen LogP contribution in [0.5, 0.6) is 5.75 Å². The second kappa shape index (κ2) is 9.39. The van der Waals surface area contributed by atoms with E-state index in [0.717, 1.165) is 6.42 Å². The zero-order valence-electron chi connectivity index (χ0n) is 11.7. The van der Waals surface area contributed by atoms with Gasteiger partial charge in [-0.1, -0.05) is 51.2 Å². The number of nitrogens with one attached hydrogen (secondary N) is 1. The molecule has 0 radical (unpaired) electrons. The van der Waals surface area contributed by atoms with Crippen LogP contribution in [0.15, 0.2) is 24.3 Å². The highest BCUT2D eigenvalue weighted by Gasteiger charge is 2.09. The number of benzene rings is 1. The first-order valence-electron chi connectivity index (χ1n) is 7.02. The Bertz CT molecular complexity index is 380. The van der Waals surface area contributed by atoms with Crippen LogP contribution in [-0.2, 0) is 0 Å². The van der Waals surface area contributed by atoms with Crippen LogP contribution < -0.4 is 16.0 Å². The summed E-state index contributed by atoms with van der Waals surface area (Å²) < 4.78 is 5.65. The second-order valence-corrected chi connectivity index (χ2v) is 4.59. The fourth-order valence-electron chi connectivity index (χ4n) is 1.92. The normalized spacial score (nSPS) is 10.2. The third kappa shape index (κ3) is 5.75. The van der Waals surface area contributed by atoms with Crippen molar-refractivity contribution in [2.45, 2.75) is 45.4 Å². The van der Waals surface area contributed by atoms with E-state index < -0.39 is 0 Å². The summed E-state index contributed by atoms with van der Waals surface area (Å²) in [5.41, 5.74) is 2.61. The molecule has 0 spiro atoms. The largest absolute Gasteiger partial charge is 0.493 e. The summed E-state index contributed by atoms with van der Waals surface area (Å²) in [5, 5.41) is 0. The number of amides is 1. The van der Waals surface area contributed by atoms with Gasteiger partial charge in [0.25, 0.3) is 5.91 Å². The first-order chi connectivity index (χ1) is 9.29. The van der Waals surface area contributed by atoms with Crippen molar-refractivity contribution in [3.63, 3.8) is 0 Å². The van der Waals surface area contributed by atoms with Gasteiger partial charge in [-0.25, -0.2) is 5.84 Å².